The van der Waals surface area contributed by atoms with Gasteiger partial charge in [0, 0.05) is 0 Å². The number of hydrogen-bond donors (Lipinski definition) is 1. The summed E-state index contributed by atoms with van der Waals surface area (Å²) in [6, 6.07) is 9.21. The van der Waals surface area contributed by atoms with Gasteiger partial charge < -0.3 is 10.1 Å². The van der Waals surface area contributed by atoms with Gasteiger partial charge in [-0.15, -0.1) is 5.34 Å². The number of benzene rings is 1. The lowest BCUT2D eigenvalue weighted by molar-refractivity contribution is 1.39. The highest BCUT2D eigenvalue weighted by Gasteiger charge is 1.90. The van der Waals surface area contributed by atoms with Crippen molar-refractivity contribution < 1.29 is 0 Å². The number of para-hydroxylation sites is 1. The minimum atomic E-state index is 0.778. The molecule has 0 bridgehead atoms. The summed E-state index contributed by atoms with van der Waals surface area (Å²) in [5, 5.41) is 19.8. The smallest absolute Gasteiger partial charge is 0.308 e. The average Bonchev–Trinajstić information content (AvgIpc) is 2.08. The Morgan fingerprint density at radius 3 is 2.33 bits per heavy atom. The molecule has 0 aliphatic rings. The molecule has 0 saturated carbocycles. The first-order chi connectivity index (χ1) is 5.85. The minimum absolute atomic E-state index is 0.778. The Bertz CT molecular complexity index is 256. The van der Waals surface area contributed by atoms with Crippen LogP contribution in [0.3, 0.4) is 0 Å². The van der Waals surface area contributed by atoms with Crippen molar-refractivity contribution in [3.8, 4) is 0 Å². The van der Waals surface area contributed by atoms with Crippen LogP contribution in [0.25, 0.3) is 5.08 Å². The molecule has 6 nitrogen and oxygen atoms in total. The molecular weight excluding hydrogens is 160 g/mol. The van der Waals surface area contributed by atoms with Crippen molar-refractivity contribution in [3.05, 3.63) is 45.5 Å². The first-order valence-corrected chi connectivity index (χ1v) is 2.95. The zero-order chi connectivity index (χ0) is 9.23. The molecule has 0 saturated heterocycles. The van der Waals surface area contributed by atoms with Crippen LogP contribution in [-0.2, 0) is 0 Å². The molecule has 0 radical (unpaired) electrons. The highest BCUT2D eigenvalue weighted by Crippen LogP contribution is 2.03. The lowest BCUT2D eigenvalue weighted by atomic mass is 10.3. The maximum Gasteiger partial charge on any atom is 0.308 e. The minimum Gasteiger partial charge on any atom is -0.444 e. The molecular formula is C6H6N4O2. The Morgan fingerprint density at radius 2 is 1.92 bits per heavy atom. The van der Waals surface area contributed by atoms with Crippen LogP contribution in [0, 0.1) is 15.5 Å². The van der Waals surface area contributed by atoms with Gasteiger partial charge >= 0.3 is 5.08 Å². The van der Waals surface area contributed by atoms with E-state index >= 15 is 0 Å². The van der Waals surface area contributed by atoms with Crippen LogP contribution >= 0.6 is 0 Å². The van der Waals surface area contributed by atoms with Gasteiger partial charge in [0.15, 0.2) is 0 Å². The van der Waals surface area contributed by atoms with Crippen molar-refractivity contribution in [1.82, 2.24) is 0 Å². The quantitative estimate of drug-likeness (QED) is 0.392. The summed E-state index contributed by atoms with van der Waals surface area (Å²) < 4.78 is 0. The van der Waals surface area contributed by atoms with Gasteiger partial charge in [-0.25, -0.2) is 0 Å². The van der Waals surface area contributed by atoms with Crippen molar-refractivity contribution in [1.29, 1.82) is 5.39 Å². The molecule has 12 heavy (non-hydrogen) atoms. The molecule has 0 aliphatic carbocycles. The Balaban J connectivity index is 0.000000354. The molecule has 0 heterocycles. The largest absolute Gasteiger partial charge is 0.444 e. The number of anilines is 1. The van der Waals surface area contributed by atoms with Gasteiger partial charge in [0.05, 0.1) is 0 Å². The van der Waals surface area contributed by atoms with Crippen LogP contribution < -0.4 is 5.43 Å². The van der Waals surface area contributed by atoms with Crippen molar-refractivity contribution in [2.45, 2.75) is 0 Å². The van der Waals surface area contributed by atoms with Crippen LogP contribution in [0.2, 0.25) is 0 Å². The molecule has 0 aromatic heterocycles. The zero-order valence-electron chi connectivity index (χ0n) is 6.04. The van der Waals surface area contributed by atoms with E-state index in [0.717, 1.165) is 11.0 Å². The summed E-state index contributed by atoms with van der Waals surface area (Å²) in [5.74, 6) is 0. The molecule has 62 valence electrons. The summed E-state index contributed by atoms with van der Waals surface area (Å²) >= 11 is 0. The summed E-state index contributed by atoms with van der Waals surface area (Å²) in [6.45, 7) is 0. The van der Waals surface area contributed by atoms with E-state index in [1.165, 1.54) is 0 Å². The van der Waals surface area contributed by atoms with E-state index in [1.807, 2.05) is 18.2 Å². The third-order valence-electron chi connectivity index (χ3n) is 0.953. The number of rotatable bonds is 1. The van der Waals surface area contributed by atoms with Gasteiger partial charge in [-0.05, 0) is 17.6 Å². The van der Waals surface area contributed by atoms with E-state index < -0.39 is 0 Å². The molecule has 0 spiro atoms. The second-order valence-corrected chi connectivity index (χ2v) is 1.65. The van der Waals surface area contributed by atoms with Crippen LogP contribution in [0.15, 0.2) is 35.7 Å². The van der Waals surface area contributed by atoms with Gasteiger partial charge in [0.2, 0.25) is 0 Å². The number of diazo groups is 1. The molecule has 0 unspecified atom stereocenters. The van der Waals surface area contributed by atoms with Crippen molar-refractivity contribution in [2.75, 3.05) is 5.43 Å². The topological polar surface area (TPSA) is 92.7 Å². The first kappa shape index (κ1) is 9.84. The van der Waals surface area contributed by atoms with Crippen LogP contribution in [-0.4, -0.2) is 0 Å². The molecule has 6 heteroatoms. The van der Waals surface area contributed by atoms with E-state index in [4.69, 9.17) is 15.5 Å². The summed E-state index contributed by atoms with van der Waals surface area (Å²) in [7, 11) is 0. The summed E-state index contributed by atoms with van der Waals surface area (Å²) in [6.07, 6.45) is 0. The predicted molar refractivity (Wildman–Crippen MR) is 44.3 cm³/mol. The number of nitrogens with one attached hydrogen (secondary N) is 1. The Morgan fingerprint density at radius 1 is 1.42 bits per heavy atom. The van der Waals surface area contributed by atoms with E-state index in [0.29, 0.717) is 0 Å². The summed E-state index contributed by atoms with van der Waals surface area (Å²) in [5.41, 5.74) is 3.17. The van der Waals surface area contributed by atoms with Gasteiger partial charge in [-0.1, -0.05) is 18.2 Å². The van der Waals surface area contributed by atoms with Crippen LogP contribution in [0.1, 0.15) is 0 Å². The second kappa shape index (κ2) is 6.95. The molecule has 1 aromatic rings. The van der Waals surface area contributed by atoms with E-state index in [-0.39, 0.29) is 0 Å². The molecule has 1 aromatic carbocycles. The maximum absolute atomic E-state index is 8.03. The van der Waals surface area contributed by atoms with E-state index in [1.54, 1.807) is 12.1 Å². The van der Waals surface area contributed by atoms with Gasteiger partial charge in [-0.3, -0.25) is 0 Å². The van der Waals surface area contributed by atoms with E-state index in [9.17, 15) is 0 Å². The molecule has 1 rings (SSSR count). The van der Waals surface area contributed by atoms with Gasteiger partial charge in [-0.2, -0.15) is 0 Å². The van der Waals surface area contributed by atoms with Crippen molar-refractivity contribution in [3.63, 3.8) is 0 Å². The van der Waals surface area contributed by atoms with Crippen molar-refractivity contribution in [2.24, 2.45) is 5.34 Å². The fourth-order valence-corrected chi connectivity index (χ4v) is 0.570. The van der Waals surface area contributed by atoms with Crippen LogP contribution in [0.5, 0.6) is 0 Å². The second-order valence-electron chi connectivity index (χ2n) is 1.65. The number of nitrogens with zero attached hydrogens (tertiary/aromatic N) is 3. The molecule has 0 fully saturated rings. The number of hydrogen-bond acceptors (Lipinski definition) is 5. The van der Waals surface area contributed by atoms with Crippen molar-refractivity contribution >= 4 is 5.69 Å². The fourth-order valence-electron chi connectivity index (χ4n) is 0.570. The molecule has 0 aliphatic heterocycles. The van der Waals surface area contributed by atoms with Gasteiger partial charge in [0.25, 0.3) is 5.39 Å². The lowest BCUT2D eigenvalue weighted by Gasteiger charge is -1.82. The standard InChI is InChI=1S/C6H6N3.HNO2/c7-9-8-6-4-2-1-3-5-6;2-1-3/h1-5,8H;(H,2,3)/q+1;/p-1. The maximum atomic E-state index is 8.03. The van der Waals surface area contributed by atoms with E-state index in [2.05, 4.69) is 10.5 Å². The SMILES string of the molecule is N#[N+]Nc1ccccc1.O=N[O-]. The average molecular weight is 166 g/mol. The third-order valence-corrected chi connectivity index (χ3v) is 0.953. The molecule has 0 atom stereocenters. The predicted octanol–water partition coefficient (Wildman–Crippen LogP) is 2.12. The highest BCUT2D eigenvalue weighted by molar-refractivity contribution is 5.42. The third kappa shape index (κ3) is 4.69. The first-order valence-electron chi connectivity index (χ1n) is 2.95. The fraction of sp³-hybridized carbons (Fsp3) is 0. The highest BCUT2D eigenvalue weighted by atomic mass is 16.6. The van der Waals surface area contributed by atoms with Crippen LogP contribution in [0.4, 0.5) is 5.69 Å². The molecule has 0 amide bonds. The Hall–Kier alpha value is -2.16. The Kier molecular flexibility index (Phi) is 5.70. The summed E-state index contributed by atoms with van der Waals surface area (Å²) in [4.78, 5) is 8.00. The van der Waals surface area contributed by atoms with Gasteiger partial charge in [0.1, 0.15) is 5.69 Å². The lowest BCUT2D eigenvalue weighted by Crippen LogP contribution is -1.80. The normalized spacial score (nSPS) is 6.92. The monoisotopic (exact) mass is 166 g/mol. The molecule has 1 N–H and O–H groups in total. The zero-order valence-corrected chi connectivity index (χ0v) is 6.04. The Labute approximate surface area is 68.4 Å².